The van der Waals surface area contributed by atoms with Crippen LogP contribution in [0.25, 0.3) is 0 Å². The summed E-state index contributed by atoms with van der Waals surface area (Å²) in [5, 5.41) is 3.17. The second kappa shape index (κ2) is 4.59. The number of hydrogen-bond acceptors (Lipinski definition) is 3. The van der Waals surface area contributed by atoms with Gasteiger partial charge in [-0.2, -0.15) is 0 Å². The Hall–Kier alpha value is -0.130. The predicted molar refractivity (Wildman–Crippen MR) is 57.6 cm³/mol. The molecule has 0 aromatic heterocycles. The van der Waals surface area contributed by atoms with Gasteiger partial charge in [-0.05, 0) is 18.4 Å². The Morgan fingerprint density at radius 3 is 2.50 bits per heavy atom. The monoisotopic (exact) mass is 220 g/mol. The number of rotatable bonds is 4. The lowest BCUT2D eigenvalue weighted by atomic mass is 10.1. The highest BCUT2D eigenvalue weighted by Gasteiger charge is 2.27. The van der Waals surface area contributed by atoms with Crippen molar-refractivity contribution in [3.05, 3.63) is 0 Å². The lowest BCUT2D eigenvalue weighted by Gasteiger charge is -2.17. The number of nitrogens with one attached hydrogen (secondary N) is 2. The van der Waals surface area contributed by atoms with Crippen LogP contribution in [0.1, 0.15) is 20.8 Å². The molecule has 0 radical (unpaired) electrons. The number of hydrogen-bond donors (Lipinski definition) is 2. The highest BCUT2D eigenvalue weighted by molar-refractivity contribution is 7.89. The molecule has 1 aliphatic rings. The van der Waals surface area contributed by atoms with Crippen LogP contribution in [0.5, 0.6) is 0 Å². The third kappa shape index (κ3) is 3.55. The van der Waals surface area contributed by atoms with Gasteiger partial charge in [0.2, 0.25) is 10.0 Å². The van der Waals surface area contributed by atoms with Crippen LogP contribution in [0.3, 0.4) is 0 Å². The van der Waals surface area contributed by atoms with Crippen LogP contribution in [-0.4, -0.2) is 33.3 Å². The fraction of sp³-hybridized carbons (Fsp3) is 1.00. The summed E-state index contributed by atoms with van der Waals surface area (Å²) in [6.07, 6.45) is 0. The SMILES string of the molecule is CC(C)CS(=O)(=O)NC1CNCC1C. The van der Waals surface area contributed by atoms with E-state index in [1.807, 2.05) is 13.8 Å². The first kappa shape index (κ1) is 11.9. The fourth-order valence-corrected chi connectivity index (χ4v) is 3.44. The smallest absolute Gasteiger partial charge is 0.212 e. The first-order valence-corrected chi connectivity index (χ1v) is 6.76. The lowest BCUT2D eigenvalue weighted by molar-refractivity contribution is 0.498. The van der Waals surface area contributed by atoms with Crippen molar-refractivity contribution < 1.29 is 8.42 Å². The fourth-order valence-electron chi connectivity index (χ4n) is 1.69. The zero-order valence-electron chi connectivity index (χ0n) is 9.08. The van der Waals surface area contributed by atoms with E-state index >= 15 is 0 Å². The molecule has 0 saturated carbocycles. The van der Waals surface area contributed by atoms with Gasteiger partial charge < -0.3 is 5.32 Å². The predicted octanol–water partition coefficient (Wildman–Crippen LogP) is 0.170. The Balaban J connectivity index is 2.50. The van der Waals surface area contributed by atoms with Gasteiger partial charge in [-0.3, -0.25) is 0 Å². The lowest BCUT2D eigenvalue weighted by Crippen LogP contribution is -2.41. The highest BCUT2D eigenvalue weighted by atomic mass is 32.2. The molecule has 1 fully saturated rings. The molecular weight excluding hydrogens is 200 g/mol. The van der Waals surface area contributed by atoms with Crippen molar-refractivity contribution in [3.63, 3.8) is 0 Å². The summed E-state index contributed by atoms with van der Waals surface area (Å²) >= 11 is 0. The standard InChI is InChI=1S/C9H20N2O2S/c1-7(2)6-14(12,13)11-9-5-10-4-8(9)3/h7-11H,4-6H2,1-3H3. The molecule has 0 amide bonds. The van der Waals surface area contributed by atoms with E-state index in [-0.39, 0.29) is 17.7 Å². The third-order valence-corrected chi connectivity index (χ3v) is 4.17. The maximum absolute atomic E-state index is 11.6. The summed E-state index contributed by atoms with van der Waals surface area (Å²) < 4.78 is 26.0. The summed E-state index contributed by atoms with van der Waals surface area (Å²) in [7, 11) is -3.09. The molecule has 2 N–H and O–H groups in total. The summed E-state index contributed by atoms with van der Waals surface area (Å²) in [4.78, 5) is 0. The van der Waals surface area contributed by atoms with E-state index < -0.39 is 10.0 Å². The molecule has 0 aliphatic carbocycles. The molecule has 2 unspecified atom stereocenters. The molecule has 1 saturated heterocycles. The molecule has 0 spiro atoms. The van der Waals surface area contributed by atoms with Gasteiger partial charge in [0.15, 0.2) is 0 Å². The molecule has 84 valence electrons. The second-order valence-corrected chi connectivity index (χ2v) is 6.33. The molecule has 4 nitrogen and oxygen atoms in total. The van der Waals surface area contributed by atoms with Gasteiger partial charge in [0.1, 0.15) is 0 Å². The van der Waals surface area contributed by atoms with E-state index in [1.165, 1.54) is 0 Å². The maximum Gasteiger partial charge on any atom is 0.212 e. The van der Waals surface area contributed by atoms with Crippen LogP contribution in [0.2, 0.25) is 0 Å². The molecule has 2 atom stereocenters. The molecule has 1 aliphatic heterocycles. The Morgan fingerprint density at radius 2 is 2.07 bits per heavy atom. The maximum atomic E-state index is 11.6. The van der Waals surface area contributed by atoms with Gasteiger partial charge >= 0.3 is 0 Å². The van der Waals surface area contributed by atoms with E-state index in [0.29, 0.717) is 5.92 Å². The van der Waals surface area contributed by atoms with Crippen LogP contribution < -0.4 is 10.0 Å². The normalized spacial score (nSPS) is 28.6. The summed E-state index contributed by atoms with van der Waals surface area (Å²) in [5.41, 5.74) is 0. The van der Waals surface area contributed by atoms with Crippen LogP contribution in [0.15, 0.2) is 0 Å². The third-order valence-electron chi connectivity index (χ3n) is 2.40. The van der Waals surface area contributed by atoms with E-state index in [9.17, 15) is 8.42 Å². The molecule has 0 aromatic rings. The molecule has 0 aromatic carbocycles. The van der Waals surface area contributed by atoms with Crippen molar-refractivity contribution in [2.45, 2.75) is 26.8 Å². The van der Waals surface area contributed by atoms with Crippen molar-refractivity contribution in [2.75, 3.05) is 18.8 Å². The van der Waals surface area contributed by atoms with Gasteiger partial charge in [0, 0.05) is 12.6 Å². The topological polar surface area (TPSA) is 58.2 Å². The quantitative estimate of drug-likeness (QED) is 0.710. The first-order chi connectivity index (χ1) is 6.41. The zero-order chi connectivity index (χ0) is 10.8. The van der Waals surface area contributed by atoms with E-state index in [2.05, 4.69) is 17.0 Å². The van der Waals surface area contributed by atoms with Gasteiger partial charge in [-0.15, -0.1) is 0 Å². The summed E-state index contributed by atoms with van der Waals surface area (Å²) in [6, 6.07) is 0.0683. The largest absolute Gasteiger partial charge is 0.315 e. The summed E-state index contributed by atoms with van der Waals surface area (Å²) in [6.45, 7) is 7.53. The minimum atomic E-state index is -3.09. The average molecular weight is 220 g/mol. The van der Waals surface area contributed by atoms with Crippen molar-refractivity contribution in [2.24, 2.45) is 11.8 Å². The van der Waals surface area contributed by atoms with E-state index in [0.717, 1.165) is 13.1 Å². The van der Waals surface area contributed by atoms with Gasteiger partial charge in [-0.25, -0.2) is 13.1 Å². The molecule has 0 bridgehead atoms. The minimum absolute atomic E-state index is 0.0683. The van der Waals surface area contributed by atoms with Crippen molar-refractivity contribution in [1.29, 1.82) is 0 Å². The highest BCUT2D eigenvalue weighted by Crippen LogP contribution is 2.09. The molecule has 1 heterocycles. The van der Waals surface area contributed by atoms with Gasteiger partial charge in [-0.1, -0.05) is 20.8 Å². The van der Waals surface area contributed by atoms with Crippen LogP contribution in [0, 0.1) is 11.8 Å². The number of sulfonamides is 1. The Morgan fingerprint density at radius 1 is 1.43 bits per heavy atom. The van der Waals surface area contributed by atoms with Crippen molar-refractivity contribution in [1.82, 2.24) is 10.0 Å². The molecule has 5 heteroatoms. The average Bonchev–Trinajstić information content (AvgIpc) is 2.32. The first-order valence-electron chi connectivity index (χ1n) is 5.11. The second-order valence-electron chi connectivity index (χ2n) is 4.54. The summed E-state index contributed by atoms with van der Waals surface area (Å²) in [5.74, 6) is 0.782. The molecular formula is C9H20N2O2S. The van der Waals surface area contributed by atoms with Gasteiger partial charge in [0.05, 0.1) is 5.75 Å². The molecule has 1 rings (SSSR count). The molecule has 14 heavy (non-hydrogen) atoms. The zero-order valence-corrected chi connectivity index (χ0v) is 9.89. The Bertz CT molecular complexity index is 275. The minimum Gasteiger partial charge on any atom is -0.315 e. The van der Waals surface area contributed by atoms with E-state index in [1.54, 1.807) is 0 Å². The van der Waals surface area contributed by atoms with E-state index in [4.69, 9.17) is 0 Å². The Labute approximate surface area is 86.5 Å². The van der Waals surface area contributed by atoms with Crippen LogP contribution >= 0.6 is 0 Å². The van der Waals surface area contributed by atoms with Crippen LogP contribution in [0.4, 0.5) is 0 Å². The Kier molecular flexibility index (Phi) is 3.92. The van der Waals surface area contributed by atoms with Crippen LogP contribution in [-0.2, 0) is 10.0 Å². The van der Waals surface area contributed by atoms with Gasteiger partial charge in [0.25, 0.3) is 0 Å². The van der Waals surface area contributed by atoms with Crippen molar-refractivity contribution >= 4 is 10.0 Å². The van der Waals surface area contributed by atoms with Crippen molar-refractivity contribution in [3.8, 4) is 0 Å².